The Morgan fingerprint density at radius 1 is 1.17 bits per heavy atom. The number of carboxylic acid groups (broad SMARTS) is 1. The van der Waals surface area contributed by atoms with Crippen molar-refractivity contribution >= 4 is 29.4 Å². The molecule has 5 N–H and O–H groups in total. The van der Waals surface area contributed by atoms with Gasteiger partial charge >= 0.3 is 5.97 Å². The number of halogens is 1. The number of carbonyl (C=O) groups excluding carboxylic acids is 1. The number of H-pyrrole nitrogens is 1. The lowest BCUT2D eigenvalue weighted by Gasteiger charge is -2.21. The van der Waals surface area contributed by atoms with Crippen molar-refractivity contribution in [3.05, 3.63) is 59.1 Å². The fourth-order valence-electron chi connectivity index (χ4n) is 2.76. The van der Waals surface area contributed by atoms with Crippen LogP contribution in [0, 0.1) is 0 Å². The highest BCUT2D eigenvalue weighted by Crippen LogP contribution is 2.23. The molecule has 1 amide bonds. The van der Waals surface area contributed by atoms with Crippen LogP contribution in [0.25, 0.3) is 11.1 Å². The third-order valence-electron chi connectivity index (χ3n) is 4.33. The number of aromatic amines is 1. The van der Waals surface area contributed by atoms with Gasteiger partial charge in [-0.1, -0.05) is 53.1 Å². The van der Waals surface area contributed by atoms with E-state index in [4.69, 9.17) is 11.6 Å². The maximum absolute atomic E-state index is 12.6. The summed E-state index contributed by atoms with van der Waals surface area (Å²) < 4.78 is 0. The average molecular weight is 430 g/mol. The van der Waals surface area contributed by atoms with Gasteiger partial charge in [-0.25, -0.2) is 0 Å². The highest BCUT2D eigenvalue weighted by molar-refractivity contribution is 6.30. The predicted molar refractivity (Wildman–Crippen MR) is 111 cm³/mol. The van der Waals surface area contributed by atoms with Gasteiger partial charge in [0.2, 0.25) is 0 Å². The molecule has 3 rings (SSSR count). The van der Waals surface area contributed by atoms with Crippen molar-refractivity contribution in [3.8, 4) is 11.1 Å². The molecule has 0 radical (unpaired) electrons. The zero-order chi connectivity index (χ0) is 21.5. The SMILES string of the molecule is C[C@H](N[C@@H](Cc1ccc(-c2cccc(Cl)c2)cc1)C(=O)NNc1nn[nH]n1)C(=O)O. The minimum Gasteiger partial charge on any atom is -0.480 e. The zero-order valence-electron chi connectivity index (χ0n) is 16.0. The highest BCUT2D eigenvalue weighted by atomic mass is 35.5. The number of rotatable bonds is 9. The van der Waals surface area contributed by atoms with Crippen molar-refractivity contribution in [3.63, 3.8) is 0 Å². The fraction of sp³-hybridized carbons (Fsp3) is 0.211. The molecule has 0 aliphatic rings. The maximum atomic E-state index is 12.6. The molecular formula is C19H20ClN7O3. The van der Waals surface area contributed by atoms with E-state index in [1.807, 2.05) is 42.5 Å². The van der Waals surface area contributed by atoms with Crippen LogP contribution in [0.4, 0.5) is 5.95 Å². The molecule has 30 heavy (non-hydrogen) atoms. The molecule has 0 aliphatic carbocycles. The molecule has 2 aromatic carbocycles. The number of carbonyl (C=O) groups is 2. The van der Waals surface area contributed by atoms with E-state index < -0.39 is 24.0 Å². The van der Waals surface area contributed by atoms with Gasteiger partial charge in [0, 0.05) is 5.02 Å². The van der Waals surface area contributed by atoms with Gasteiger partial charge in [0.25, 0.3) is 11.9 Å². The third kappa shape index (κ3) is 5.75. The summed E-state index contributed by atoms with van der Waals surface area (Å²) in [5, 5.41) is 25.6. The van der Waals surface area contributed by atoms with E-state index in [1.165, 1.54) is 6.92 Å². The minimum absolute atomic E-state index is 0.0826. The molecule has 0 fully saturated rings. The molecule has 10 nitrogen and oxygen atoms in total. The monoisotopic (exact) mass is 429 g/mol. The summed E-state index contributed by atoms with van der Waals surface area (Å²) in [6.07, 6.45) is 0.271. The standard InChI is InChI=1S/C19H20ClN7O3/c1-11(18(29)30)21-16(17(28)22-23-19-24-26-27-25-19)9-12-5-7-13(8-6-12)14-3-2-4-15(20)10-14/h2-8,10-11,16,21H,9H2,1H3,(H,22,28)(H,29,30)(H2,23,24,25,26,27)/t11-,16-/m0/s1. The Labute approximate surface area is 177 Å². The van der Waals surface area contributed by atoms with Crippen molar-refractivity contribution in [2.75, 3.05) is 5.43 Å². The topological polar surface area (TPSA) is 145 Å². The number of benzene rings is 2. The number of amides is 1. The molecular weight excluding hydrogens is 410 g/mol. The normalized spacial score (nSPS) is 12.7. The molecule has 1 aromatic heterocycles. The Bertz CT molecular complexity index is 996. The predicted octanol–water partition coefficient (Wildman–Crippen LogP) is 1.64. The summed E-state index contributed by atoms with van der Waals surface area (Å²) in [7, 11) is 0. The molecule has 11 heteroatoms. The van der Waals surface area contributed by atoms with Crippen LogP contribution in [0.2, 0.25) is 5.02 Å². The summed E-state index contributed by atoms with van der Waals surface area (Å²) >= 11 is 6.05. The first-order valence-corrected chi connectivity index (χ1v) is 9.43. The summed E-state index contributed by atoms with van der Waals surface area (Å²) in [5.74, 6) is -1.44. The summed E-state index contributed by atoms with van der Waals surface area (Å²) in [6.45, 7) is 1.47. The molecule has 0 saturated heterocycles. The third-order valence-corrected chi connectivity index (χ3v) is 4.57. The van der Waals surface area contributed by atoms with E-state index in [1.54, 1.807) is 6.07 Å². The molecule has 0 saturated carbocycles. The molecule has 1 heterocycles. The van der Waals surface area contributed by atoms with E-state index in [9.17, 15) is 14.7 Å². The number of nitrogens with zero attached hydrogens (tertiary/aromatic N) is 3. The molecule has 3 aromatic rings. The van der Waals surface area contributed by atoms with Crippen molar-refractivity contribution < 1.29 is 14.7 Å². The van der Waals surface area contributed by atoms with E-state index in [-0.39, 0.29) is 12.4 Å². The van der Waals surface area contributed by atoms with E-state index in [0.29, 0.717) is 5.02 Å². The number of hydrazine groups is 1. The zero-order valence-corrected chi connectivity index (χ0v) is 16.7. The molecule has 0 unspecified atom stereocenters. The number of tetrazole rings is 1. The summed E-state index contributed by atoms with van der Waals surface area (Å²) in [4.78, 5) is 23.8. The second kappa shape index (κ2) is 9.81. The number of hydrogen-bond acceptors (Lipinski definition) is 7. The van der Waals surface area contributed by atoms with Crippen molar-refractivity contribution in [2.45, 2.75) is 25.4 Å². The Hall–Kier alpha value is -3.50. The quantitative estimate of drug-likeness (QED) is 0.323. The Kier molecular flexibility index (Phi) is 6.94. The lowest BCUT2D eigenvalue weighted by atomic mass is 10.00. The number of hydrogen-bond donors (Lipinski definition) is 5. The summed E-state index contributed by atoms with van der Waals surface area (Å²) in [5.41, 5.74) is 7.77. The first-order valence-electron chi connectivity index (χ1n) is 9.05. The lowest BCUT2D eigenvalue weighted by molar-refractivity contribution is -0.139. The number of aromatic nitrogens is 4. The number of aliphatic carboxylic acids is 1. The Morgan fingerprint density at radius 2 is 1.93 bits per heavy atom. The summed E-state index contributed by atoms with van der Waals surface area (Å²) in [6, 6.07) is 13.4. The van der Waals surface area contributed by atoms with Crippen LogP contribution in [0.15, 0.2) is 48.5 Å². The second-order valence-corrected chi connectivity index (χ2v) is 6.98. The number of carboxylic acids is 1. The molecule has 0 bridgehead atoms. The first kappa shape index (κ1) is 21.2. The fourth-order valence-corrected chi connectivity index (χ4v) is 2.95. The number of anilines is 1. The largest absolute Gasteiger partial charge is 0.480 e. The van der Waals surface area contributed by atoms with Gasteiger partial charge in [-0.2, -0.15) is 5.21 Å². The van der Waals surface area contributed by atoms with E-state index >= 15 is 0 Å². The van der Waals surface area contributed by atoms with Gasteiger partial charge < -0.3 is 5.11 Å². The average Bonchev–Trinajstić information content (AvgIpc) is 3.25. The highest BCUT2D eigenvalue weighted by Gasteiger charge is 2.24. The first-order chi connectivity index (χ1) is 14.4. The van der Waals surface area contributed by atoms with Crippen LogP contribution in [0.1, 0.15) is 12.5 Å². The van der Waals surface area contributed by atoms with Crippen LogP contribution in [0.5, 0.6) is 0 Å². The Balaban J connectivity index is 1.71. The van der Waals surface area contributed by atoms with Gasteiger partial charge in [0.05, 0.1) is 6.04 Å². The van der Waals surface area contributed by atoms with E-state index in [2.05, 4.69) is 36.8 Å². The minimum atomic E-state index is -1.06. The maximum Gasteiger partial charge on any atom is 0.320 e. The van der Waals surface area contributed by atoms with Crippen LogP contribution >= 0.6 is 11.6 Å². The van der Waals surface area contributed by atoms with Gasteiger partial charge in [0.15, 0.2) is 0 Å². The Morgan fingerprint density at radius 3 is 2.57 bits per heavy atom. The second-order valence-electron chi connectivity index (χ2n) is 6.54. The molecule has 2 atom stereocenters. The van der Waals surface area contributed by atoms with Gasteiger partial charge in [0.1, 0.15) is 6.04 Å². The molecule has 0 aliphatic heterocycles. The van der Waals surface area contributed by atoms with Crippen LogP contribution in [0.3, 0.4) is 0 Å². The van der Waals surface area contributed by atoms with Gasteiger partial charge in [-0.05, 0) is 47.4 Å². The molecule has 156 valence electrons. The molecule has 0 spiro atoms. The lowest BCUT2D eigenvalue weighted by Crippen LogP contribution is -2.52. The van der Waals surface area contributed by atoms with Crippen LogP contribution < -0.4 is 16.2 Å². The smallest absolute Gasteiger partial charge is 0.320 e. The van der Waals surface area contributed by atoms with Crippen LogP contribution in [-0.4, -0.2) is 49.7 Å². The van der Waals surface area contributed by atoms with Crippen molar-refractivity contribution in [1.29, 1.82) is 0 Å². The van der Waals surface area contributed by atoms with Gasteiger partial charge in [-0.3, -0.25) is 25.8 Å². The van der Waals surface area contributed by atoms with Crippen molar-refractivity contribution in [2.24, 2.45) is 0 Å². The number of nitrogens with one attached hydrogen (secondary N) is 4. The van der Waals surface area contributed by atoms with E-state index in [0.717, 1.165) is 16.7 Å². The van der Waals surface area contributed by atoms with Crippen LogP contribution in [-0.2, 0) is 16.0 Å². The van der Waals surface area contributed by atoms with Crippen molar-refractivity contribution in [1.82, 2.24) is 31.4 Å². The van der Waals surface area contributed by atoms with Gasteiger partial charge in [-0.15, -0.1) is 5.10 Å².